The molecule has 1 aliphatic carbocycles. The molecule has 1 aliphatic heterocycles. The molecule has 14 heavy (non-hydrogen) atoms. The van der Waals surface area contributed by atoms with E-state index < -0.39 is 11.9 Å². The molecule has 0 atom stereocenters. The van der Waals surface area contributed by atoms with E-state index in [4.69, 9.17) is 0 Å². The van der Waals surface area contributed by atoms with Crippen molar-refractivity contribution in [2.45, 2.75) is 38.1 Å². The van der Waals surface area contributed by atoms with Crippen LogP contribution in [0.15, 0.2) is 0 Å². The number of carbonyl (C=O) groups is 3. The second-order valence-electron chi connectivity index (χ2n) is 3.73. The molecular formula is C9H12N2O3. The molecule has 0 aromatic carbocycles. The number of nitrogens with one attached hydrogen (secondary N) is 1. The van der Waals surface area contributed by atoms with Crippen LogP contribution in [0.3, 0.4) is 0 Å². The molecule has 0 aromatic heterocycles. The highest BCUT2D eigenvalue weighted by atomic mass is 16.2. The lowest BCUT2D eigenvalue weighted by Crippen LogP contribution is -2.55. The molecule has 0 aromatic rings. The number of barbiturate groups is 1. The molecule has 0 unspecified atom stereocenters. The summed E-state index contributed by atoms with van der Waals surface area (Å²) in [6.07, 6.45) is 3.65. The van der Waals surface area contributed by atoms with Gasteiger partial charge in [0.15, 0.2) is 0 Å². The van der Waals surface area contributed by atoms with Gasteiger partial charge in [0, 0.05) is 6.04 Å². The molecule has 5 nitrogen and oxygen atoms in total. The molecule has 2 fully saturated rings. The monoisotopic (exact) mass is 196 g/mol. The maximum absolute atomic E-state index is 11.4. The summed E-state index contributed by atoms with van der Waals surface area (Å²) in [5, 5.41) is 2.16. The van der Waals surface area contributed by atoms with Crippen molar-refractivity contribution >= 4 is 17.8 Å². The fraction of sp³-hybridized carbons (Fsp3) is 0.667. The van der Waals surface area contributed by atoms with E-state index in [9.17, 15) is 14.4 Å². The van der Waals surface area contributed by atoms with Crippen molar-refractivity contribution in [3.63, 3.8) is 0 Å². The van der Waals surface area contributed by atoms with Crippen LogP contribution < -0.4 is 5.32 Å². The van der Waals surface area contributed by atoms with Crippen molar-refractivity contribution in [2.24, 2.45) is 0 Å². The fourth-order valence-corrected chi connectivity index (χ4v) is 2.09. The lowest BCUT2D eigenvalue weighted by atomic mass is 10.2. The van der Waals surface area contributed by atoms with Crippen molar-refractivity contribution < 1.29 is 14.4 Å². The second-order valence-corrected chi connectivity index (χ2v) is 3.73. The lowest BCUT2D eigenvalue weighted by Gasteiger charge is -2.29. The van der Waals surface area contributed by atoms with Crippen molar-refractivity contribution in [1.29, 1.82) is 0 Å². The highest BCUT2D eigenvalue weighted by molar-refractivity contribution is 6.14. The van der Waals surface area contributed by atoms with Crippen molar-refractivity contribution in [3.8, 4) is 0 Å². The van der Waals surface area contributed by atoms with Crippen molar-refractivity contribution in [3.05, 3.63) is 0 Å². The van der Waals surface area contributed by atoms with Crippen LogP contribution in [0, 0.1) is 0 Å². The zero-order valence-corrected chi connectivity index (χ0v) is 7.78. The molecule has 2 rings (SSSR count). The number of rotatable bonds is 1. The molecule has 0 bridgehead atoms. The van der Waals surface area contributed by atoms with Gasteiger partial charge in [0.2, 0.25) is 11.8 Å². The molecule has 4 amide bonds. The SMILES string of the molecule is O=C1CC(=O)N(C2CCCC2)C(=O)N1. The molecule has 76 valence electrons. The summed E-state index contributed by atoms with van der Waals surface area (Å²) in [7, 11) is 0. The number of urea groups is 1. The maximum atomic E-state index is 11.4. The van der Waals surface area contributed by atoms with E-state index in [1.165, 1.54) is 4.90 Å². The largest absolute Gasteiger partial charge is 0.331 e. The predicted molar refractivity (Wildman–Crippen MR) is 47.3 cm³/mol. The van der Waals surface area contributed by atoms with Gasteiger partial charge in [-0.25, -0.2) is 4.79 Å². The van der Waals surface area contributed by atoms with Gasteiger partial charge in [-0.3, -0.25) is 19.8 Å². The van der Waals surface area contributed by atoms with Crippen LogP contribution in [-0.4, -0.2) is 28.8 Å². The quantitative estimate of drug-likeness (QED) is 0.617. The number of carbonyl (C=O) groups excluding carboxylic acids is 3. The minimum absolute atomic E-state index is 0.00981. The van der Waals surface area contributed by atoms with E-state index in [0.717, 1.165) is 25.7 Å². The number of nitrogens with zero attached hydrogens (tertiary/aromatic N) is 1. The van der Waals surface area contributed by atoms with Gasteiger partial charge in [-0.15, -0.1) is 0 Å². The Morgan fingerprint density at radius 1 is 1.14 bits per heavy atom. The highest BCUT2D eigenvalue weighted by Gasteiger charge is 2.36. The number of hydrogen-bond donors (Lipinski definition) is 1. The third-order valence-electron chi connectivity index (χ3n) is 2.74. The topological polar surface area (TPSA) is 66.5 Å². The molecule has 5 heteroatoms. The molecule has 1 heterocycles. The van der Waals surface area contributed by atoms with Crippen LogP contribution in [-0.2, 0) is 9.59 Å². The summed E-state index contributed by atoms with van der Waals surface area (Å²) < 4.78 is 0. The van der Waals surface area contributed by atoms with Gasteiger partial charge in [0.1, 0.15) is 6.42 Å². The Morgan fingerprint density at radius 3 is 2.36 bits per heavy atom. The van der Waals surface area contributed by atoms with Gasteiger partial charge in [0.25, 0.3) is 0 Å². The molecule has 1 saturated carbocycles. The third kappa shape index (κ3) is 1.49. The first-order valence-electron chi connectivity index (χ1n) is 4.84. The van der Waals surface area contributed by atoms with Crippen molar-refractivity contribution in [1.82, 2.24) is 10.2 Å². The van der Waals surface area contributed by atoms with Gasteiger partial charge in [-0.1, -0.05) is 12.8 Å². The Hall–Kier alpha value is -1.39. The lowest BCUT2D eigenvalue weighted by molar-refractivity contribution is -0.137. The van der Waals surface area contributed by atoms with Gasteiger partial charge >= 0.3 is 6.03 Å². The highest BCUT2D eigenvalue weighted by Crippen LogP contribution is 2.25. The molecule has 2 aliphatic rings. The standard InChI is InChI=1S/C9H12N2O3/c12-7-5-8(13)11(9(14)10-7)6-3-1-2-4-6/h6H,1-5H2,(H,10,12,14). The average Bonchev–Trinajstić information content (AvgIpc) is 2.54. The average molecular weight is 196 g/mol. The molecular weight excluding hydrogens is 184 g/mol. The van der Waals surface area contributed by atoms with E-state index in [-0.39, 0.29) is 18.4 Å². The van der Waals surface area contributed by atoms with Gasteiger partial charge in [0.05, 0.1) is 0 Å². The zero-order valence-electron chi connectivity index (χ0n) is 7.78. The van der Waals surface area contributed by atoms with Crippen LogP contribution in [0.1, 0.15) is 32.1 Å². The van der Waals surface area contributed by atoms with E-state index in [2.05, 4.69) is 5.32 Å². The molecule has 1 N–H and O–H groups in total. The first-order valence-corrected chi connectivity index (χ1v) is 4.84. The van der Waals surface area contributed by atoms with E-state index in [0.29, 0.717) is 0 Å². The summed E-state index contributed by atoms with van der Waals surface area (Å²) in [5.74, 6) is -0.847. The molecule has 0 radical (unpaired) electrons. The summed E-state index contributed by atoms with van der Waals surface area (Å²) in [6, 6.07) is -0.534. The molecule has 1 saturated heterocycles. The summed E-state index contributed by atoms with van der Waals surface area (Å²) in [6.45, 7) is 0. The van der Waals surface area contributed by atoms with E-state index in [1.807, 2.05) is 0 Å². The van der Waals surface area contributed by atoms with Crippen LogP contribution in [0.5, 0.6) is 0 Å². The number of amides is 4. The van der Waals surface area contributed by atoms with Crippen LogP contribution >= 0.6 is 0 Å². The Kier molecular flexibility index (Phi) is 2.23. The van der Waals surface area contributed by atoms with Crippen LogP contribution in [0.4, 0.5) is 4.79 Å². The Morgan fingerprint density at radius 2 is 1.79 bits per heavy atom. The first-order chi connectivity index (χ1) is 6.68. The number of hydrogen-bond acceptors (Lipinski definition) is 3. The second kappa shape index (κ2) is 3.40. The minimum Gasteiger partial charge on any atom is -0.277 e. The Labute approximate surface area is 81.4 Å². The van der Waals surface area contributed by atoms with Crippen molar-refractivity contribution in [2.75, 3.05) is 0 Å². The smallest absolute Gasteiger partial charge is 0.277 e. The molecule has 0 spiro atoms. The van der Waals surface area contributed by atoms with Gasteiger partial charge < -0.3 is 0 Å². The van der Waals surface area contributed by atoms with Crippen LogP contribution in [0.2, 0.25) is 0 Å². The Balaban J connectivity index is 2.12. The van der Waals surface area contributed by atoms with E-state index >= 15 is 0 Å². The summed E-state index contributed by atoms with van der Waals surface area (Å²) in [5.41, 5.74) is 0. The third-order valence-corrected chi connectivity index (χ3v) is 2.74. The zero-order chi connectivity index (χ0) is 10.1. The van der Waals surface area contributed by atoms with Gasteiger partial charge in [-0.05, 0) is 12.8 Å². The maximum Gasteiger partial charge on any atom is 0.331 e. The number of imide groups is 2. The fourth-order valence-electron chi connectivity index (χ4n) is 2.09. The minimum atomic E-state index is -0.543. The summed E-state index contributed by atoms with van der Waals surface area (Å²) in [4.78, 5) is 34.9. The van der Waals surface area contributed by atoms with E-state index in [1.54, 1.807) is 0 Å². The predicted octanol–water partition coefficient (Wildman–Crippen LogP) is 0.398. The first kappa shape index (κ1) is 9.18. The van der Waals surface area contributed by atoms with Gasteiger partial charge in [-0.2, -0.15) is 0 Å². The Bertz CT molecular complexity index is 274. The summed E-state index contributed by atoms with van der Waals surface area (Å²) >= 11 is 0. The van der Waals surface area contributed by atoms with Crippen LogP contribution in [0.25, 0.3) is 0 Å². The normalized spacial score (nSPS) is 24.3.